The lowest BCUT2D eigenvalue weighted by atomic mass is 10.1. The minimum Gasteiger partial charge on any atom is -0.481 e. The Kier molecular flexibility index (Phi) is 3.64. The summed E-state index contributed by atoms with van der Waals surface area (Å²) >= 11 is 11.0. The molecular weight excluding hydrogens is 303 g/mol. The van der Waals surface area contributed by atoms with Crippen molar-refractivity contribution in [3.8, 4) is 0 Å². The van der Waals surface area contributed by atoms with Crippen LogP contribution in [0, 0.1) is 17.6 Å². The number of hydrogen-bond donors (Lipinski definition) is 1. The predicted molar refractivity (Wildman–Crippen MR) is 64.5 cm³/mol. The molecule has 1 amide bonds. The van der Waals surface area contributed by atoms with Crippen LogP contribution in [0.15, 0.2) is 6.07 Å². The number of halogens is 4. The molecule has 1 saturated heterocycles. The van der Waals surface area contributed by atoms with Gasteiger partial charge in [0.15, 0.2) is 11.6 Å². The number of benzene rings is 1. The fourth-order valence-corrected chi connectivity index (χ4v) is 2.31. The van der Waals surface area contributed by atoms with Gasteiger partial charge in [-0.1, -0.05) is 23.2 Å². The summed E-state index contributed by atoms with van der Waals surface area (Å²) in [6, 6.07) is 0.917. The molecule has 0 saturated carbocycles. The first-order valence-electron chi connectivity index (χ1n) is 5.19. The quantitative estimate of drug-likeness (QED) is 0.675. The zero-order valence-electron chi connectivity index (χ0n) is 9.29. The molecular formula is C11H7Cl2F2NO3. The Morgan fingerprint density at radius 3 is 2.53 bits per heavy atom. The van der Waals surface area contributed by atoms with E-state index in [-0.39, 0.29) is 18.7 Å². The van der Waals surface area contributed by atoms with Gasteiger partial charge < -0.3 is 10.0 Å². The summed E-state index contributed by atoms with van der Waals surface area (Å²) in [7, 11) is 0. The first kappa shape index (κ1) is 14.0. The van der Waals surface area contributed by atoms with Crippen LogP contribution < -0.4 is 4.90 Å². The molecule has 1 aromatic rings. The number of rotatable bonds is 2. The van der Waals surface area contributed by atoms with Crippen LogP contribution in [0.5, 0.6) is 0 Å². The molecule has 4 nitrogen and oxygen atoms in total. The maximum Gasteiger partial charge on any atom is 0.308 e. The molecule has 2 rings (SSSR count). The van der Waals surface area contributed by atoms with Crippen molar-refractivity contribution in [1.82, 2.24) is 0 Å². The van der Waals surface area contributed by atoms with Crippen molar-refractivity contribution in [2.24, 2.45) is 5.92 Å². The van der Waals surface area contributed by atoms with Gasteiger partial charge in [-0.15, -0.1) is 0 Å². The molecule has 0 spiro atoms. The smallest absolute Gasteiger partial charge is 0.308 e. The van der Waals surface area contributed by atoms with E-state index in [0.29, 0.717) is 0 Å². The summed E-state index contributed by atoms with van der Waals surface area (Å²) in [6.45, 7) is -0.205. The Labute approximate surface area is 116 Å². The molecule has 1 fully saturated rings. The molecule has 0 bridgehead atoms. The van der Waals surface area contributed by atoms with Crippen molar-refractivity contribution < 1.29 is 23.5 Å². The first-order chi connectivity index (χ1) is 8.82. The van der Waals surface area contributed by atoms with Crippen LogP contribution in [-0.2, 0) is 9.59 Å². The van der Waals surface area contributed by atoms with E-state index >= 15 is 0 Å². The summed E-state index contributed by atoms with van der Waals surface area (Å²) in [4.78, 5) is 23.4. The van der Waals surface area contributed by atoms with Gasteiger partial charge in [-0.2, -0.15) is 0 Å². The van der Waals surface area contributed by atoms with E-state index in [4.69, 9.17) is 28.3 Å². The van der Waals surface area contributed by atoms with Crippen molar-refractivity contribution in [2.75, 3.05) is 11.4 Å². The fraction of sp³-hybridized carbons (Fsp3) is 0.273. The number of aliphatic carboxylic acids is 1. The van der Waals surface area contributed by atoms with Gasteiger partial charge in [-0.05, 0) is 6.07 Å². The van der Waals surface area contributed by atoms with Crippen LogP contribution in [-0.4, -0.2) is 23.5 Å². The third-order valence-electron chi connectivity index (χ3n) is 2.85. The van der Waals surface area contributed by atoms with E-state index in [9.17, 15) is 18.4 Å². The largest absolute Gasteiger partial charge is 0.481 e. The fourth-order valence-electron chi connectivity index (χ4n) is 1.86. The van der Waals surface area contributed by atoms with Crippen molar-refractivity contribution in [3.63, 3.8) is 0 Å². The molecule has 1 unspecified atom stereocenters. The van der Waals surface area contributed by atoms with Crippen molar-refractivity contribution >= 4 is 40.8 Å². The number of anilines is 1. The zero-order valence-corrected chi connectivity index (χ0v) is 10.8. The van der Waals surface area contributed by atoms with Crippen LogP contribution in [0.3, 0.4) is 0 Å². The van der Waals surface area contributed by atoms with E-state index in [2.05, 4.69) is 0 Å². The second-order valence-electron chi connectivity index (χ2n) is 4.06. The van der Waals surface area contributed by atoms with Gasteiger partial charge in [0.1, 0.15) is 5.02 Å². The zero-order chi connectivity index (χ0) is 14.3. The molecule has 102 valence electrons. The van der Waals surface area contributed by atoms with Crippen LogP contribution >= 0.6 is 23.2 Å². The average molecular weight is 310 g/mol. The molecule has 1 aliphatic rings. The lowest BCUT2D eigenvalue weighted by molar-refractivity contribution is -0.141. The monoisotopic (exact) mass is 309 g/mol. The van der Waals surface area contributed by atoms with Crippen molar-refractivity contribution in [3.05, 3.63) is 27.7 Å². The van der Waals surface area contributed by atoms with Gasteiger partial charge in [-0.3, -0.25) is 9.59 Å². The highest BCUT2D eigenvalue weighted by Gasteiger charge is 2.37. The van der Waals surface area contributed by atoms with E-state index in [0.717, 1.165) is 11.0 Å². The van der Waals surface area contributed by atoms with Crippen molar-refractivity contribution in [1.29, 1.82) is 0 Å². The number of carbonyl (C=O) groups is 2. The third-order valence-corrected chi connectivity index (χ3v) is 3.46. The Morgan fingerprint density at radius 1 is 1.37 bits per heavy atom. The predicted octanol–water partition coefficient (Wildman–Crippen LogP) is 2.71. The molecule has 19 heavy (non-hydrogen) atoms. The maximum absolute atomic E-state index is 13.8. The molecule has 8 heteroatoms. The van der Waals surface area contributed by atoms with Crippen LogP contribution in [0.1, 0.15) is 6.42 Å². The lowest BCUT2D eigenvalue weighted by Crippen LogP contribution is -2.27. The molecule has 1 heterocycles. The normalized spacial score (nSPS) is 19.1. The Morgan fingerprint density at radius 2 is 2.00 bits per heavy atom. The Bertz CT molecular complexity index is 580. The molecule has 1 atom stereocenters. The minimum atomic E-state index is -1.16. The second-order valence-corrected chi connectivity index (χ2v) is 4.85. The molecule has 0 aromatic heterocycles. The van der Waals surface area contributed by atoms with Gasteiger partial charge in [0.25, 0.3) is 0 Å². The van der Waals surface area contributed by atoms with Gasteiger partial charge >= 0.3 is 5.97 Å². The molecule has 1 aromatic carbocycles. The summed E-state index contributed by atoms with van der Waals surface area (Å²) in [6.07, 6.45) is -0.249. The van der Waals surface area contributed by atoms with Gasteiger partial charge in [0.05, 0.1) is 16.6 Å². The number of carboxylic acids is 1. The topological polar surface area (TPSA) is 57.6 Å². The highest BCUT2D eigenvalue weighted by molar-refractivity contribution is 6.35. The number of carboxylic acid groups (broad SMARTS) is 1. The standard InChI is InChI=1S/C11H7Cl2F2NO3/c12-5-2-6(10(15)8(13)9(5)14)16-3-4(11(18)19)1-7(16)17/h2,4H,1,3H2,(H,18,19). The molecule has 0 aliphatic carbocycles. The van der Waals surface area contributed by atoms with E-state index in [1.165, 1.54) is 0 Å². The van der Waals surface area contributed by atoms with E-state index in [1.54, 1.807) is 0 Å². The van der Waals surface area contributed by atoms with E-state index in [1.807, 2.05) is 0 Å². The number of carbonyl (C=O) groups excluding carboxylic acids is 1. The van der Waals surface area contributed by atoms with Gasteiger partial charge in [0.2, 0.25) is 5.91 Å². The van der Waals surface area contributed by atoms with Crippen LogP contribution in [0.4, 0.5) is 14.5 Å². The van der Waals surface area contributed by atoms with Gasteiger partial charge in [-0.25, -0.2) is 8.78 Å². The van der Waals surface area contributed by atoms with Crippen molar-refractivity contribution in [2.45, 2.75) is 6.42 Å². The van der Waals surface area contributed by atoms with Crippen LogP contribution in [0.2, 0.25) is 10.0 Å². The highest BCUT2D eigenvalue weighted by Crippen LogP contribution is 2.36. The Balaban J connectivity index is 2.43. The highest BCUT2D eigenvalue weighted by atomic mass is 35.5. The summed E-state index contributed by atoms with van der Waals surface area (Å²) in [5, 5.41) is 7.57. The molecule has 1 N–H and O–H groups in total. The van der Waals surface area contributed by atoms with Gasteiger partial charge in [0, 0.05) is 13.0 Å². The number of hydrogen-bond acceptors (Lipinski definition) is 2. The molecule has 0 radical (unpaired) electrons. The first-order valence-corrected chi connectivity index (χ1v) is 5.94. The maximum atomic E-state index is 13.8. The second kappa shape index (κ2) is 4.94. The van der Waals surface area contributed by atoms with E-state index < -0.39 is 39.5 Å². The molecule has 1 aliphatic heterocycles. The average Bonchev–Trinajstić information content (AvgIpc) is 2.73. The lowest BCUT2D eigenvalue weighted by Gasteiger charge is -2.18. The van der Waals surface area contributed by atoms with Crippen LogP contribution in [0.25, 0.3) is 0 Å². The summed E-state index contributed by atoms with van der Waals surface area (Å²) < 4.78 is 27.1. The number of nitrogens with zero attached hydrogens (tertiary/aromatic N) is 1. The summed E-state index contributed by atoms with van der Waals surface area (Å²) in [5.41, 5.74) is -0.315. The number of amides is 1. The summed E-state index contributed by atoms with van der Waals surface area (Å²) in [5.74, 6) is -4.93. The SMILES string of the molecule is O=C(O)C1CC(=O)N(c2cc(Cl)c(F)c(Cl)c2F)C1. The minimum absolute atomic E-state index is 0.205. The Hall–Kier alpha value is -1.40. The third kappa shape index (κ3) is 2.37.